The lowest BCUT2D eigenvalue weighted by atomic mass is 10.1. The lowest BCUT2D eigenvalue weighted by molar-refractivity contribution is 0.0944. The summed E-state index contributed by atoms with van der Waals surface area (Å²) in [4.78, 5) is 29.0. The summed E-state index contributed by atoms with van der Waals surface area (Å²) in [7, 11) is 0. The third-order valence-electron chi connectivity index (χ3n) is 4.15. The van der Waals surface area contributed by atoms with Gasteiger partial charge in [-0.2, -0.15) is 5.10 Å². The molecule has 0 atom stereocenters. The monoisotopic (exact) mass is 353 g/mol. The van der Waals surface area contributed by atoms with Gasteiger partial charge in [0.25, 0.3) is 5.91 Å². The zero-order valence-electron chi connectivity index (χ0n) is 14.3. The fourth-order valence-electron chi connectivity index (χ4n) is 2.72. The van der Waals surface area contributed by atoms with Crippen LogP contribution in [-0.2, 0) is 0 Å². The number of para-hydroxylation sites is 1. The molecular formula is C22H15N3O2. The van der Waals surface area contributed by atoms with Crippen LogP contribution in [0, 0.1) is 0 Å². The first kappa shape index (κ1) is 16.6. The largest absolute Gasteiger partial charge is 0.288 e. The highest BCUT2D eigenvalue weighted by molar-refractivity contribution is 6.06. The molecule has 0 unspecified atom stereocenters. The highest BCUT2D eigenvalue weighted by Crippen LogP contribution is 2.13. The molecule has 0 aliphatic rings. The Kier molecular flexibility index (Phi) is 4.41. The Morgan fingerprint density at radius 3 is 2.48 bits per heavy atom. The zero-order valence-corrected chi connectivity index (χ0v) is 14.3. The van der Waals surface area contributed by atoms with Crippen molar-refractivity contribution >= 4 is 28.7 Å². The zero-order chi connectivity index (χ0) is 18.6. The molecule has 27 heavy (non-hydrogen) atoms. The van der Waals surface area contributed by atoms with Gasteiger partial charge in [0, 0.05) is 23.3 Å². The van der Waals surface area contributed by atoms with Crippen molar-refractivity contribution < 1.29 is 9.59 Å². The molecule has 4 rings (SSSR count). The van der Waals surface area contributed by atoms with Crippen molar-refractivity contribution in [3.05, 3.63) is 102 Å². The predicted octanol–water partition coefficient (Wildman–Crippen LogP) is 4.02. The lowest BCUT2D eigenvalue weighted by Crippen LogP contribution is -2.12. The number of rotatable bonds is 4. The number of nitrogens with zero attached hydrogens (tertiary/aromatic N) is 3. The number of ketones is 1. The Labute approximate surface area is 155 Å². The first-order chi connectivity index (χ1) is 13.2. The van der Waals surface area contributed by atoms with E-state index in [4.69, 9.17) is 0 Å². The SMILES string of the molecule is O=C(C=Cc1ccc(C(=O)n2cccn2)cc1)c1ccc2ccccc2n1. The van der Waals surface area contributed by atoms with E-state index in [0.717, 1.165) is 16.5 Å². The summed E-state index contributed by atoms with van der Waals surface area (Å²) in [6.07, 6.45) is 6.36. The molecule has 5 heteroatoms. The van der Waals surface area contributed by atoms with Crippen molar-refractivity contribution in [1.29, 1.82) is 0 Å². The Balaban J connectivity index is 1.50. The van der Waals surface area contributed by atoms with Crippen molar-refractivity contribution in [1.82, 2.24) is 14.8 Å². The number of hydrogen-bond donors (Lipinski definition) is 0. The Morgan fingerprint density at radius 2 is 1.70 bits per heavy atom. The second kappa shape index (κ2) is 7.17. The summed E-state index contributed by atoms with van der Waals surface area (Å²) in [5.41, 5.74) is 2.54. The van der Waals surface area contributed by atoms with E-state index in [2.05, 4.69) is 10.1 Å². The molecule has 0 bridgehead atoms. The molecule has 0 aliphatic carbocycles. The summed E-state index contributed by atoms with van der Waals surface area (Å²) in [6.45, 7) is 0. The molecule has 0 radical (unpaired) electrons. The lowest BCUT2D eigenvalue weighted by Gasteiger charge is -2.01. The molecule has 2 aromatic carbocycles. The summed E-state index contributed by atoms with van der Waals surface area (Å²) < 4.78 is 1.28. The number of fused-ring (bicyclic) bond motifs is 1. The number of allylic oxidation sites excluding steroid dienone is 1. The van der Waals surface area contributed by atoms with E-state index in [9.17, 15) is 9.59 Å². The molecule has 130 valence electrons. The molecule has 2 heterocycles. The number of pyridine rings is 1. The van der Waals surface area contributed by atoms with E-state index in [0.29, 0.717) is 11.3 Å². The van der Waals surface area contributed by atoms with Crippen molar-refractivity contribution in [3.8, 4) is 0 Å². The molecule has 0 saturated heterocycles. The van der Waals surface area contributed by atoms with Gasteiger partial charge in [-0.1, -0.05) is 42.5 Å². The van der Waals surface area contributed by atoms with Crippen LogP contribution in [0.15, 0.2) is 85.2 Å². The second-order valence-electron chi connectivity index (χ2n) is 5.96. The van der Waals surface area contributed by atoms with Gasteiger partial charge in [-0.05, 0) is 42.0 Å². The minimum absolute atomic E-state index is 0.169. The number of hydrogen-bond acceptors (Lipinski definition) is 4. The van der Waals surface area contributed by atoms with Gasteiger partial charge in [-0.25, -0.2) is 9.67 Å². The summed E-state index contributed by atoms with van der Waals surface area (Å²) in [5.74, 6) is -0.371. The molecule has 0 N–H and O–H groups in total. The Hall–Kier alpha value is -3.86. The maximum absolute atomic E-state index is 12.4. The van der Waals surface area contributed by atoms with Crippen molar-refractivity contribution in [2.75, 3.05) is 0 Å². The van der Waals surface area contributed by atoms with E-state index in [1.165, 1.54) is 10.8 Å². The van der Waals surface area contributed by atoms with Gasteiger partial charge in [0.1, 0.15) is 5.69 Å². The summed E-state index contributed by atoms with van der Waals surface area (Å²) in [6, 6.07) is 20.0. The van der Waals surface area contributed by atoms with Gasteiger partial charge < -0.3 is 0 Å². The first-order valence-electron chi connectivity index (χ1n) is 8.43. The van der Waals surface area contributed by atoms with Gasteiger partial charge >= 0.3 is 0 Å². The van der Waals surface area contributed by atoms with Crippen LogP contribution in [0.25, 0.3) is 17.0 Å². The van der Waals surface area contributed by atoms with Crippen LogP contribution < -0.4 is 0 Å². The van der Waals surface area contributed by atoms with Crippen molar-refractivity contribution in [2.24, 2.45) is 0 Å². The smallest absolute Gasteiger partial charge is 0.278 e. The highest BCUT2D eigenvalue weighted by Gasteiger charge is 2.08. The van der Waals surface area contributed by atoms with Crippen LogP contribution in [0.5, 0.6) is 0 Å². The van der Waals surface area contributed by atoms with Crippen LogP contribution in [0.1, 0.15) is 26.4 Å². The summed E-state index contributed by atoms with van der Waals surface area (Å²) >= 11 is 0. The minimum atomic E-state index is -0.202. The van der Waals surface area contributed by atoms with E-state index >= 15 is 0 Å². The standard InChI is InChI=1S/C22H15N3O2/c26-21(20-12-11-17-4-1-2-5-19(17)24-20)13-8-16-6-9-18(10-7-16)22(27)25-15-3-14-23-25/h1-15H. The highest BCUT2D eigenvalue weighted by atomic mass is 16.2. The van der Waals surface area contributed by atoms with E-state index in [1.807, 2.05) is 30.3 Å². The van der Waals surface area contributed by atoms with Crippen LogP contribution in [-0.4, -0.2) is 26.5 Å². The fraction of sp³-hybridized carbons (Fsp3) is 0. The number of benzene rings is 2. The molecule has 0 saturated carbocycles. The molecule has 0 aliphatic heterocycles. The average molecular weight is 353 g/mol. The minimum Gasteiger partial charge on any atom is -0.288 e. The normalized spacial score (nSPS) is 11.1. The second-order valence-corrected chi connectivity index (χ2v) is 5.96. The quantitative estimate of drug-likeness (QED) is 0.411. The Bertz CT molecular complexity index is 1140. The molecule has 5 nitrogen and oxygen atoms in total. The number of carbonyl (C=O) groups is 2. The van der Waals surface area contributed by atoms with E-state index in [1.54, 1.807) is 54.9 Å². The molecule has 0 spiro atoms. The topological polar surface area (TPSA) is 64.8 Å². The summed E-state index contributed by atoms with van der Waals surface area (Å²) in [5, 5.41) is 4.93. The maximum Gasteiger partial charge on any atom is 0.278 e. The molecule has 0 fully saturated rings. The predicted molar refractivity (Wildman–Crippen MR) is 104 cm³/mol. The van der Waals surface area contributed by atoms with Gasteiger partial charge in [-0.15, -0.1) is 0 Å². The first-order valence-corrected chi connectivity index (χ1v) is 8.43. The van der Waals surface area contributed by atoms with E-state index in [-0.39, 0.29) is 11.7 Å². The number of aromatic nitrogens is 3. The van der Waals surface area contributed by atoms with Crippen molar-refractivity contribution in [3.63, 3.8) is 0 Å². The van der Waals surface area contributed by atoms with Gasteiger partial charge in [0.2, 0.25) is 5.78 Å². The molecular weight excluding hydrogens is 338 g/mol. The van der Waals surface area contributed by atoms with Gasteiger partial charge in [0.15, 0.2) is 0 Å². The van der Waals surface area contributed by atoms with Crippen molar-refractivity contribution in [2.45, 2.75) is 0 Å². The molecule has 4 aromatic rings. The van der Waals surface area contributed by atoms with Crippen LogP contribution in [0.2, 0.25) is 0 Å². The van der Waals surface area contributed by atoms with Crippen LogP contribution in [0.4, 0.5) is 0 Å². The number of carbonyl (C=O) groups excluding carboxylic acids is 2. The molecule has 2 aromatic heterocycles. The third-order valence-corrected chi connectivity index (χ3v) is 4.15. The van der Waals surface area contributed by atoms with Gasteiger partial charge in [0.05, 0.1) is 5.52 Å². The van der Waals surface area contributed by atoms with Gasteiger partial charge in [-0.3, -0.25) is 9.59 Å². The van der Waals surface area contributed by atoms with Crippen LogP contribution >= 0.6 is 0 Å². The van der Waals surface area contributed by atoms with E-state index < -0.39 is 0 Å². The maximum atomic E-state index is 12.4. The van der Waals surface area contributed by atoms with Crippen LogP contribution in [0.3, 0.4) is 0 Å². The molecule has 0 amide bonds. The fourth-order valence-corrected chi connectivity index (χ4v) is 2.72. The Morgan fingerprint density at radius 1 is 0.889 bits per heavy atom. The third kappa shape index (κ3) is 3.57. The average Bonchev–Trinajstić information content (AvgIpc) is 3.26.